The van der Waals surface area contributed by atoms with Crippen molar-refractivity contribution in [3.05, 3.63) is 71.3 Å². The molecule has 0 bridgehead atoms. The molecule has 0 aliphatic carbocycles. The van der Waals surface area contributed by atoms with Crippen LogP contribution in [0.4, 0.5) is 27.8 Å². The van der Waals surface area contributed by atoms with Crippen LogP contribution in [0.2, 0.25) is 0 Å². The van der Waals surface area contributed by atoms with E-state index < -0.39 is 23.6 Å². The van der Waals surface area contributed by atoms with Crippen molar-refractivity contribution < 1.29 is 31.4 Å². The first-order chi connectivity index (χ1) is 27.1. The summed E-state index contributed by atoms with van der Waals surface area (Å²) in [7, 11) is 0. The number of piperazine rings is 1. The average molecular weight is 773 g/mol. The van der Waals surface area contributed by atoms with Crippen LogP contribution in [0.1, 0.15) is 63.0 Å². The Labute approximate surface area is 320 Å². The predicted octanol–water partition coefficient (Wildman–Crippen LogP) is 7.12. The van der Waals surface area contributed by atoms with Crippen molar-refractivity contribution in [2.24, 2.45) is 0 Å². The highest BCUT2D eigenvalue weighted by Gasteiger charge is 2.50. The molecule has 292 valence electrons. The Kier molecular flexibility index (Phi) is 10.1. The minimum absolute atomic E-state index is 0.0315. The Morgan fingerprint density at radius 2 is 1.84 bits per heavy atom. The second-order valence-electron chi connectivity index (χ2n) is 14.4. The minimum Gasteiger partial charge on any atom is -0.476 e. The molecule has 0 radical (unpaired) electrons. The molecule has 1 N–H and O–H groups in total. The van der Waals surface area contributed by atoms with E-state index in [9.17, 15) is 17.6 Å². The second-order valence-corrected chi connectivity index (χ2v) is 14.4. The molecule has 3 fully saturated rings. The van der Waals surface area contributed by atoms with E-state index in [1.54, 1.807) is 24.3 Å². The molecule has 5 aromatic rings. The number of rotatable bonds is 7. The van der Waals surface area contributed by atoms with Gasteiger partial charge in [-0.25, -0.2) is 18.7 Å². The number of aromatic nitrogens is 5. The number of ether oxygens (including phenoxy) is 2. The third-order valence-corrected chi connectivity index (χ3v) is 11.4. The average Bonchev–Trinajstić information content (AvgIpc) is 3.74. The first kappa shape index (κ1) is 37.7. The Hall–Kier alpha value is -5.20. The van der Waals surface area contributed by atoms with Crippen LogP contribution >= 0.6 is 0 Å². The Morgan fingerprint density at radius 1 is 0.982 bits per heavy atom. The van der Waals surface area contributed by atoms with Gasteiger partial charge in [-0.2, -0.15) is 28.1 Å². The van der Waals surface area contributed by atoms with Gasteiger partial charge in [0.25, 0.3) is 0 Å². The van der Waals surface area contributed by atoms with Gasteiger partial charge in [-0.1, -0.05) is 44.0 Å². The third-order valence-electron chi connectivity index (χ3n) is 11.4. The summed E-state index contributed by atoms with van der Waals surface area (Å²) < 4.78 is 83.9. The lowest BCUT2D eigenvalue weighted by molar-refractivity contribution is -0.145. The smallest absolute Gasteiger partial charge is 0.451 e. The van der Waals surface area contributed by atoms with Crippen molar-refractivity contribution in [3.63, 3.8) is 0 Å². The van der Waals surface area contributed by atoms with E-state index in [4.69, 9.17) is 30.8 Å². The van der Waals surface area contributed by atoms with E-state index in [1.807, 2.05) is 13.8 Å². The molecule has 3 saturated heterocycles. The van der Waals surface area contributed by atoms with Gasteiger partial charge in [0, 0.05) is 54.9 Å². The summed E-state index contributed by atoms with van der Waals surface area (Å²) in [6.45, 7) is 7.26. The monoisotopic (exact) mass is 772 g/mol. The zero-order valence-electron chi connectivity index (χ0n) is 31.1. The summed E-state index contributed by atoms with van der Waals surface area (Å²) in [5.74, 6) is 0.391. The van der Waals surface area contributed by atoms with Crippen LogP contribution in [-0.4, -0.2) is 86.8 Å². The van der Waals surface area contributed by atoms with Gasteiger partial charge in [-0.3, -0.25) is 4.90 Å². The number of fused-ring (bicyclic) bond motifs is 4. The molecule has 3 atom stereocenters. The molecule has 4 aliphatic rings. The molecule has 0 amide bonds. The van der Waals surface area contributed by atoms with Gasteiger partial charge in [0.2, 0.25) is 11.7 Å². The molecule has 0 saturated carbocycles. The molecule has 7 heterocycles. The fourth-order valence-corrected chi connectivity index (χ4v) is 8.86. The molecular weight excluding hydrogens is 731 g/mol. The van der Waals surface area contributed by atoms with Crippen molar-refractivity contribution in [2.45, 2.75) is 76.2 Å². The number of nitrogens with one attached hydrogen (secondary N) is 1. The summed E-state index contributed by atoms with van der Waals surface area (Å²) in [5, 5.41) is 5.05. The lowest BCUT2D eigenvalue weighted by Crippen LogP contribution is -2.51. The molecule has 9 rings (SSSR count). The Bertz CT molecular complexity index is 2330. The maximum Gasteiger partial charge on any atom is 0.451 e. The highest BCUT2D eigenvalue weighted by molar-refractivity contribution is 6.02. The van der Waals surface area contributed by atoms with Crippen LogP contribution in [0.15, 0.2) is 42.6 Å². The van der Waals surface area contributed by atoms with E-state index >= 15 is 4.39 Å². The molecule has 2 aromatic carbocycles. The van der Waals surface area contributed by atoms with Gasteiger partial charge in [-0.05, 0) is 56.5 Å². The van der Waals surface area contributed by atoms with Crippen LogP contribution in [0, 0.1) is 24.0 Å². The maximum absolute atomic E-state index is 17.1. The molecule has 15 heteroatoms. The highest BCUT2D eigenvalue weighted by Crippen LogP contribution is 2.44. The summed E-state index contributed by atoms with van der Waals surface area (Å²) in [4.78, 5) is 25.9. The maximum atomic E-state index is 17.1. The minimum atomic E-state index is -4.67. The van der Waals surface area contributed by atoms with Gasteiger partial charge >= 0.3 is 12.2 Å². The van der Waals surface area contributed by atoms with Crippen molar-refractivity contribution in [1.82, 2.24) is 35.1 Å². The molecule has 10 nitrogen and oxygen atoms in total. The SMILES string of the molecule is C#Cc1c(F)ccc2cccc(-c3nc4c5c(nc(OCC67CCCN6[C@H](COc6ccnc(C(F)(F)F)n6)CC7)nc5c3F)N3CCNCC3CC4)c12.CC. The van der Waals surface area contributed by atoms with E-state index in [0.29, 0.717) is 46.2 Å². The molecule has 0 spiro atoms. The summed E-state index contributed by atoms with van der Waals surface area (Å²) in [6, 6.07) is 9.56. The molecule has 3 aromatic heterocycles. The Morgan fingerprint density at radius 3 is 2.66 bits per heavy atom. The van der Waals surface area contributed by atoms with E-state index in [1.165, 1.54) is 12.1 Å². The second kappa shape index (κ2) is 15.0. The normalized spacial score (nSPS) is 21.9. The Balaban J connectivity index is 0.00000217. The number of terminal acetylenes is 1. The predicted molar refractivity (Wildman–Crippen MR) is 202 cm³/mol. The van der Waals surface area contributed by atoms with E-state index in [0.717, 1.165) is 57.9 Å². The lowest BCUT2D eigenvalue weighted by atomic mass is 9.95. The first-order valence-electron chi connectivity index (χ1n) is 19.1. The fourth-order valence-electron chi connectivity index (χ4n) is 8.86. The van der Waals surface area contributed by atoms with Crippen LogP contribution in [-0.2, 0) is 12.6 Å². The topological polar surface area (TPSA) is 101 Å². The lowest BCUT2D eigenvalue weighted by Gasteiger charge is -2.36. The number of pyridine rings is 1. The molecule has 56 heavy (non-hydrogen) atoms. The van der Waals surface area contributed by atoms with Gasteiger partial charge in [-0.15, -0.1) is 6.42 Å². The summed E-state index contributed by atoms with van der Waals surface area (Å²) in [6.07, 6.45) is 6.68. The number of benzene rings is 2. The van der Waals surface area contributed by atoms with Crippen molar-refractivity contribution in [3.8, 4) is 35.5 Å². The van der Waals surface area contributed by atoms with Crippen LogP contribution in [0.5, 0.6) is 11.9 Å². The van der Waals surface area contributed by atoms with Crippen LogP contribution in [0.3, 0.4) is 0 Å². The summed E-state index contributed by atoms with van der Waals surface area (Å²) in [5.41, 5.74) is 0.786. The largest absolute Gasteiger partial charge is 0.476 e. The number of anilines is 1. The standard InChI is InChI=1S/C39H35F5N8O2.C2H6/c1-2-25-27(40)9-7-22-5-3-6-26(30(22)25)33-32(41)34-31-28(47-33)10-8-23-19-45-16-18-51(23)35(31)50-37(49-34)54-21-38-13-4-17-52(38)24(11-14-38)20-53-29-12-15-46-36(48-29)39(42,43)44;1-2/h1,3,5-7,9,12,15,23-24,45H,4,8,10-11,13-14,16-21H2;1-2H3/t23?,24-,38?;/m0./s1. The van der Waals surface area contributed by atoms with E-state index in [-0.39, 0.29) is 59.5 Å². The number of nitrogens with zero attached hydrogens (tertiary/aromatic N) is 7. The first-order valence-corrected chi connectivity index (χ1v) is 19.1. The highest BCUT2D eigenvalue weighted by atomic mass is 19.4. The zero-order chi connectivity index (χ0) is 39.2. The molecular formula is C41H41F5N8O2. The number of hydrogen-bond donors (Lipinski definition) is 1. The van der Waals surface area contributed by atoms with E-state index in [2.05, 4.69) is 31.0 Å². The number of halogens is 5. The number of alkyl halides is 3. The van der Waals surface area contributed by atoms with Crippen molar-refractivity contribution in [2.75, 3.05) is 44.3 Å². The van der Waals surface area contributed by atoms with Gasteiger partial charge in [0.05, 0.1) is 22.2 Å². The van der Waals surface area contributed by atoms with Crippen LogP contribution < -0.4 is 19.7 Å². The summed E-state index contributed by atoms with van der Waals surface area (Å²) >= 11 is 0. The van der Waals surface area contributed by atoms with Gasteiger partial charge in [0.1, 0.15) is 36.1 Å². The quantitative estimate of drug-likeness (QED) is 0.136. The van der Waals surface area contributed by atoms with Crippen LogP contribution in [0.25, 0.3) is 32.9 Å². The molecule has 4 aliphatic heterocycles. The van der Waals surface area contributed by atoms with Crippen molar-refractivity contribution >= 4 is 27.5 Å². The van der Waals surface area contributed by atoms with Gasteiger partial charge in [0.15, 0.2) is 5.82 Å². The van der Waals surface area contributed by atoms with Crippen molar-refractivity contribution in [1.29, 1.82) is 0 Å². The fraction of sp³-hybridized carbons (Fsp3) is 0.439. The number of aryl methyl sites for hydroxylation is 1. The third kappa shape index (κ3) is 6.62. The van der Waals surface area contributed by atoms with Gasteiger partial charge < -0.3 is 19.7 Å². The zero-order valence-corrected chi connectivity index (χ0v) is 31.1. The number of hydrogen-bond acceptors (Lipinski definition) is 10. The molecule has 2 unspecified atom stereocenters.